The van der Waals surface area contributed by atoms with Crippen molar-refractivity contribution in [1.82, 2.24) is 9.97 Å². The molecule has 0 aliphatic carbocycles. The molecule has 0 bridgehead atoms. The third-order valence-corrected chi connectivity index (χ3v) is 6.39. The molecule has 34 heavy (non-hydrogen) atoms. The van der Waals surface area contributed by atoms with Crippen LogP contribution in [-0.2, 0) is 6.61 Å². The predicted molar refractivity (Wildman–Crippen MR) is 138 cm³/mol. The zero-order chi connectivity index (χ0) is 23.7. The average Bonchev–Trinajstić information content (AvgIpc) is 2.88. The summed E-state index contributed by atoms with van der Waals surface area (Å²) in [5.74, 6) is 0.472. The van der Waals surface area contributed by atoms with Crippen LogP contribution in [0.2, 0.25) is 10.0 Å². The first-order valence-electron chi connectivity index (χ1n) is 10.7. The quantitative estimate of drug-likeness (QED) is 0.280. The van der Waals surface area contributed by atoms with Crippen LogP contribution in [0, 0.1) is 0 Å². The lowest BCUT2D eigenvalue weighted by Crippen LogP contribution is -1.98. The van der Waals surface area contributed by atoms with E-state index in [1.54, 1.807) is 13.3 Å². The average molecular weight is 487 g/mol. The number of aliphatic hydroxyl groups excluding tert-OH is 1. The van der Waals surface area contributed by atoms with Gasteiger partial charge in [0, 0.05) is 27.7 Å². The predicted octanol–water partition coefficient (Wildman–Crippen LogP) is 7.44. The second-order valence-electron chi connectivity index (χ2n) is 7.76. The van der Waals surface area contributed by atoms with E-state index < -0.39 is 0 Å². The first-order valence-corrected chi connectivity index (χ1v) is 11.4. The Morgan fingerprint density at radius 1 is 0.853 bits per heavy atom. The Kier molecular flexibility index (Phi) is 6.20. The fourth-order valence-electron chi connectivity index (χ4n) is 4.18. The molecule has 2 heterocycles. The maximum Gasteiger partial charge on any atom is 0.223 e. The molecule has 0 amide bonds. The number of fused-ring (bicyclic) bond motifs is 1. The lowest BCUT2D eigenvalue weighted by molar-refractivity contribution is 0.282. The molecule has 0 saturated carbocycles. The molecule has 0 unspecified atom stereocenters. The Hall–Kier alpha value is -3.44. The Morgan fingerprint density at radius 2 is 1.65 bits per heavy atom. The van der Waals surface area contributed by atoms with Crippen LogP contribution >= 0.6 is 23.2 Å². The molecule has 0 atom stereocenters. The van der Waals surface area contributed by atoms with E-state index in [0.717, 1.165) is 38.7 Å². The zero-order valence-corrected chi connectivity index (χ0v) is 19.8. The van der Waals surface area contributed by atoms with Gasteiger partial charge in [0.15, 0.2) is 0 Å². The van der Waals surface area contributed by atoms with Crippen LogP contribution in [-0.4, -0.2) is 22.2 Å². The van der Waals surface area contributed by atoms with E-state index >= 15 is 0 Å². The van der Waals surface area contributed by atoms with Crippen molar-refractivity contribution in [1.29, 1.82) is 0 Å². The van der Waals surface area contributed by atoms with Crippen LogP contribution in [0.3, 0.4) is 0 Å². The fourth-order valence-corrected chi connectivity index (χ4v) is 4.71. The summed E-state index contributed by atoms with van der Waals surface area (Å²) in [4.78, 5) is 9.23. The summed E-state index contributed by atoms with van der Waals surface area (Å²) in [6.07, 6.45) is 1.73. The number of hydrogen-bond acceptors (Lipinski definition) is 4. The number of methoxy groups -OCH3 is 1. The van der Waals surface area contributed by atoms with Crippen LogP contribution < -0.4 is 4.74 Å². The number of halogens is 2. The molecule has 168 valence electrons. The molecule has 1 N–H and O–H groups in total. The molecule has 0 fully saturated rings. The maximum absolute atomic E-state index is 10.3. The minimum absolute atomic E-state index is 0.174. The molecular formula is C28H20Cl2N2O2. The Morgan fingerprint density at radius 3 is 2.38 bits per heavy atom. The number of rotatable bonds is 5. The number of aliphatic hydroxyl groups is 1. The van der Waals surface area contributed by atoms with Gasteiger partial charge in [0.2, 0.25) is 5.88 Å². The number of benzene rings is 3. The summed E-state index contributed by atoms with van der Waals surface area (Å²) in [5.41, 5.74) is 6.39. The van der Waals surface area contributed by atoms with Crippen molar-refractivity contribution in [3.63, 3.8) is 0 Å². The minimum Gasteiger partial charge on any atom is -0.480 e. The molecule has 4 nitrogen and oxygen atoms in total. The number of ether oxygens (including phenoxy) is 1. The van der Waals surface area contributed by atoms with Crippen molar-refractivity contribution in [2.24, 2.45) is 0 Å². The van der Waals surface area contributed by atoms with Gasteiger partial charge < -0.3 is 9.84 Å². The number of pyridine rings is 2. The first kappa shape index (κ1) is 22.4. The Labute approximate surface area is 207 Å². The molecule has 5 rings (SSSR count). The highest BCUT2D eigenvalue weighted by molar-refractivity contribution is 6.38. The van der Waals surface area contributed by atoms with Crippen LogP contribution in [0.1, 0.15) is 5.56 Å². The van der Waals surface area contributed by atoms with E-state index in [1.807, 2.05) is 78.9 Å². The molecule has 0 spiro atoms. The van der Waals surface area contributed by atoms with Gasteiger partial charge in [-0.05, 0) is 47.0 Å². The Balaban J connectivity index is 1.72. The summed E-state index contributed by atoms with van der Waals surface area (Å²) in [7, 11) is 1.59. The second kappa shape index (κ2) is 9.43. The standard InChI is InChI=1S/C28H20Cl2N2O2/c1-34-28-25(17-6-3-2-4-7-17)26(30)22-15-18(10-11-24(22)32-28)21-12-13-31-27(23(21)16-33)19-8-5-9-20(29)14-19/h2-15,33H,16H2,1H3. The minimum atomic E-state index is -0.174. The summed E-state index contributed by atoms with van der Waals surface area (Å²) in [5, 5.41) is 12.3. The van der Waals surface area contributed by atoms with E-state index in [9.17, 15) is 5.11 Å². The molecule has 3 aromatic carbocycles. The number of nitrogens with zero attached hydrogens (tertiary/aromatic N) is 2. The smallest absolute Gasteiger partial charge is 0.223 e. The van der Waals surface area contributed by atoms with Gasteiger partial charge in [-0.2, -0.15) is 0 Å². The van der Waals surface area contributed by atoms with Gasteiger partial charge in [0.1, 0.15) is 0 Å². The van der Waals surface area contributed by atoms with E-state index in [4.69, 9.17) is 32.9 Å². The van der Waals surface area contributed by atoms with E-state index in [-0.39, 0.29) is 6.61 Å². The fraction of sp³-hybridized carbons (Fsp3) is 0.0714. The van der Waals surface area contributed by atoms with Gasteiger partial charge in [-0.25, -0.2) is 4.98 Å². The van der Waals surface area contributed by atoms with Gasteiger partial charge in [0.25, 0.3) is 0 Å². The largest absolute Gasteiger partial charge is 0.480 e. The first-order chi connectivity index (χ1) is 16.6. The summed E-state index contributed by atoms with van der Waals surface area (Å²) in [6.45, 7) is -0.174. The molecule has 6 heteroatoms. The van der Waals surface area contributed by atoms with Gasteiger partial charge in [-0.15, -0.1) is 0 Å². The van der Waals surface area contributed by atoms with Gasteiger partial charge >= 0.3 is 0 Å². The van der Waals surface area contributed by atoms with Crippen LogP contribution in [0.25, 0.3) is 44.4 Å². The van der Waals surface area contributed by atoms with Gasteiger partial charge in [0.05, 0.1) is 35.5 Å². The van der Waals surface area contributed by atoms with E-state index in [0.29, 0.717) is 27.2 Å². The number of aromatic nitrogens is 2. The monoisotopic (exact) mass is 486 g/mol. The van der Waals surface area contributed by atoms with Gasteiger partial charge in [-0.3, -0.25) is 4.98 Å². The lowest BCUT2D eigenvalue weighted by atomic mass is 9.95. The molecular weight excluding hydrogens is 467 g/mol. The maximum atomic E-state index is 10.3. The van der Waals surface area contributed by atoms with Crippen LogP contribution in [0.5, 0.6) is 5.88 Å². The SMILES string of the molecule is COc1nc2ccc(-c3ccnc(-c4cccc(Cl)c4)c3CO)cc2c(Cl)c1-c1ccccc1. The molecule has 2 aromatic heterocycles. The van der Waals surface area contributed by atoms with Crippen molar-refractivity contribution in [3.05, 3.63) is 101 Å². The lowest BCUT2D eigenvalue weighted by Gasteiger charge is -2.15. The normalized spacial score (nSPS) is 11.1. The highest BCUT2D eigenvalue weighted by atomic mass is 35.5. The van der Waals surface area contributed by atoms with Crippen molar-refractivity contribution in [2.75, 3.05) is 7.11 Å². The van der Waals surface area contributed by atoms with Crippen LogP contribution in [0.15, 0.2) is 85.1 Å². The third-order valence-electron chi connectivity index (χ3n) is 5.77. The Bertz CT molecular complexity index is 1500. The summed E-state index contributed by atoms with van der Waals surface area (Å²) >= 11 is 13.1. The van der Waals surface area contributed by atoms with Crippen molar-refractivity contribution < 1.29 is 9.84 Å². The van der Waals surface area contributed by atoms with Crippen molar-refractivity contribution in [2.45, 2.75) is 6.61 Å². The van der Waals surface area contributed by atoms with E-state index in [1.165, 1.54) is 0 Å². The van der Waals surface area contributed by atoms with Gasteiger partial charge in [-0.1, -0.05) is 71.7 Å². The van der Waals surface area contributed by atoms with Crippen LogP contribution in [0.4, 0.5) is 0 Å². The van der Waals surface area contributed by atoms with E-state index in [2.05, 4.69) is 4.98 Å². The molecule has 5 aromatic rings. The molecule has 0 radical (unpaired) electrons. The second-order valence-corrected chi connectivity index (χ2v) is 8.58. The third kappa shape index (κ3) is 4.01. The summed E-state index contributed by atoms with van der Waals surface area (Å²) < 4.78 is 5.57. The summed E-state index contributed by atoms with van der Waals surface area (Å²) in [6, 6.07) is 25.0. The zero-order valence-electron chi connectivity index (χ0n) is 18.3. The highest BCUT2D eigenvalue weighted by Crippen LogP contribution is 2.41. The molecule has 0 aliphatic heterocycles. The van der Waals surface area contributed by atoms with Crippen molar-refractivity contribution >= 4 is 34.1 Å². The molecule has 0 saturated heterocycles. The highest BCUT2D eigenvalue weighted by Gasteiger charge is 2.18. The number of hydrogen-bond donors (Lipinski definition) is 1. The molecule has 0 aliphatic rings. The van der Waals surface area contributed by atoms with Crippen molar-refractivity contribution in [3.8, 4) is 39.4 Å². The topological polar surface area (TPSA) is 55.2 Å².